The second-order valence-corrected chi connectivity index (χ2v) is 5.15. The third-order valence-corrected chi connectivity index (χ3v) is 3.47. The van der Waals surface area contributed by atoms with Gasteiger partial charge in [-0.2, -0.15) is 0 Å². The summed E-state index contributed by atoms with van der Waals surface area (Å²) in [6.45, 7) is 0.177. The number of benzene rings is 2. The molecule has 2 aromatic rings. The van der Waals surface area contributed by atoms with Crippen LogP contribution < -0.4 is 11.1 Å². The van der Waals surface area contributed by atoms with Gasteiger partial charge in [-0.05, 0) is 30.3 Å². The Bertz CT molecular complexity index is 670. The quantitative estimate of drug-likeness (QED) is 0.625. The first kappa shape index (κ1) is 13.0. The molecule has 1 atom stereocenters. The molecule has 3 N–H and O–H groups in total. The Morgan fingerprint density at radius 2 is 1.95 bits per heavy atom. The van der Waals surface area contributed by atoms with E-state index in [0.29, 0.717) is 10.7 Å². The van der Waals surface area contributed by atoms with Crippen molar-refractivity contribution in [2.24, 2.45) is 5.73 Å². The van der Waals surface area contributed by atoms with E-state index in [-0.39, 0.29) is 6.54 Å². The SMILES string of the molecule is NC1C[N+]([O-])=C(c2ccccc2)c2cc(Cl)ccc2N1. The maximum Gasteiger partial charge on any atom is 0.227 e. The van der Waals surface area contributed by atoms with Crippen molar-refractivity contribution in [2.75, 3.05) is 11.9 Å². The second-order valence-electron chi connectivity index (χ2n) is 4.72. The fraction of sp³-hybridized carbons (Fsp3) is 0.133. The molecule has 1 unspecified atom stereocenters. The van der Waals surface area contributed by atoms with Crippen molar-refractivity contribution >= 4 is 23.0 Å². The summed E-state index contributed by atoms with van der Waals surface area (Å²) in [4.78, 5) is 0. The van der Waals surface area contributed by atoms with Gasteiger partial charge in [-0.1, -0.05) is 29.8 Å². The lowest BCUT2D eigenvalue weighted by atomic mass is 10.0. The molecule has 0 radical (unpaired) electrons. The predicted molar refractivity (Wildman–Crippen MR) is 81.2 cm³/mol. The third kappa shape index (κ3) is 2.35. The minimum Gasteiger partial charge on any atom is -0.623 e. The summed E-state index contributed by atoms with van der Waals surface area (Å²) in [5.41, 5.74) is 8.94. The van der Waals surface area contributed by atoms with Crippen LogP contribution >= 0.6 is 11.6 Å². The highest BCUT2D eigenvalue weighted by Crippen LogP contribution is 2.26. The van der Waals surface area contributed by atoms with Gasteiger partial charge in [0.2, 0.25) is 5.71 Å². The number of fused-ring (bicyclic) bond motifs is 1. The fourth-order valence-corrected chi connectivity index (χ4v) is 2.56. The van der Waals surface area contributed by atoms with E-state index < -0.39 is 6.17 Å². The summed E-state index contributed by atoms with van der Waals surface area (Å²) >= 11 is 6.07. The first-order chi connectivity index (χ1) is 9.65. The lowest BCUT2D eigenvalue weighted by molar-refractivity contribution is -0.457. The summed E-state index contributed by atoms with van der Waals surface area (Å²) in [5.74, 6) is 0. The molecule has 4 nitrogen and oxygen atoms in total. The van der Waals surface area contributed by atoms with Crippen LogP contribution in [0.4, 0.5) is 5.69 Å². The number of hydrogen-bond donors (Lipinski definition) is 2. The van der Waals surface area contributed by atoms with Crippen LogP contribution in [0.15, 0.2) is 48.5 Å². The molecule has 0 aromatic heterocycles. The zero-order chi connectivity index (χ0) is 14.1. The largest absolute Gasteiger partial charge is 0.623 e. The number of anilines is 1. The van der Waals surface area contributed by atoms with Crippen LogP contribution in [-0.2, 0) is 0 Å². The van der Waals surface area contributed by atoms with Crippen molar-refractivity contribution in [3.63, 3.8) is 0 Å². The maximum absolute atomic E-state index is 12.4. The van der Waals surface area contributed by atoms with Crippen LogP contribution in [0, 0.1) is 5.21 Å². The predicted octanol–water partition coefficient (Wildman–Crippen LogP) is 2.40. The minimum atomic E-state index is -0.423. The number of nitrogens with two attached hydrogens (primary N) is 1. The van der Waals surface area contributed by atoms with Gasteiger partial charge in [-0.25, -0.2) is 4.74 Å². The van der Waals surface area contributed by atoms with Gasteiger partial charge >= 0.3 is 0 Å². The third-order valence-electron chi connectivity index (χ3n) is 3.24. The molecular formula is C15H14ClN3O. The number of hydrogen-bond acceptors (Lipinski definition) is 3. The van der Waals surface area contributed by atoms with Gasteiger partial charge in [0.15, 0.2) is 6.54 Å². The molecule has 1 aliphatic heterocycles. The topological polar surface area (TPSA) is 64.1 Å². The number of halogens is 1. The van der Waals surface area contributed by atoms with Crippen LogP contribution in [-0.4, -0.2) is 23.2 Å². The van der Waals surface area contributed by atoms with Crippen LogP contribution in [0.1, 0.15) is 11.1 Å². The molecule has 0 aliphatic carbocycles. The van der Waals surface area contributed by atoms with Crippen LogP contribution in [0.3, 0.4) is 0 Å². The van der Waals surface area contributed by atoms with Crippen molar-refractivity contribution in [3.8, 4) is 0 Å². The van der Waals surface area contributed by atoms with E-state index in [9.17, 15) is 5.21 Å². The molecule has 1 aliphatic rings. The summed E-state index contributed by atoms with van der Waals surface area (Å²) in [6.07, 6.45) is -0.423. The van der Waals surface area contributed by atoms with Gasteiger partial charge in [-0.15, -0.1) is 0 Å². The van der Waals surface area contributed by atoms with Gasteiger partial charge in [0, 0.05) is 16.3 Å². The molecule has 102 valence electrons. The average molecular weight is 288 g/mol. The molecule has 0 spiro atoms. The van der Waals surface area contributed by atoms with Crippen molar-refractivity contribution in [1.29, 1.82) is 0 Å². The molecule has 0 saturated carbocycles. The summed E-state index contributed by atoms with van der Waals surface area (Å²) in [6, 6.07) is 14.9. The first-order valence-electron chi connectivity index (χ1n) is 6.34. The Kier molecular flexibility index (Phi) is 3.34. The molecule has 5 heteroatoms. The molecular weight excluding hydrogens is 274 g/mol. The van der Waals surface area contributed by atoms with Gasteiger partial charge in [0.1, 0.15) is 6.17 Å². The van der Waals surface area contributed by atoms with E-state index in [1.54, 1.807) is 12.1 Å². The van der Waals surface area contributed by atoms with Gasteiger partial charge < -0.3 is 16.3 Å². The van der Waals surface area contributed by atoms with Crippen molar-refractivity contribution in [2.45, 2.75) is 6.17 Å². The van der Waals surface area contributed by atoms with Crippen molar-refractivity contribution in [1.82, 2.24) is 0 Å². The lowest BCUT2D eigenvalue weighted by Gasteiger charge is -2.11. The fourth-order valence-electron chi connectivity index (χ4n) is 2.38. The van der Waals surface area contributed by atoms with E-state index >= 15 is 0 Å². The van der Waals surface area contributed by atoms with Crippen LogP contribution in [0.2, 0.25) is 5.02 Å². The monoisotopic (exact) mass is 287 g/mol. The van der Waals surface area contributed by atoms with E-state index in [1.165, 1.54) is 0 Å². The second kappa shape index (κ2) is 5.15. The Hall–Kier alpha value is -2.04. The van der Waals surface area contributed by atoms with Gasteiger partial charge in [0.25, 0.3) is 0 Å². The number of nitrogens with one attached hydrogen (secondary N) is 1. The molecule has 0 saturated heterocycles. The highest BCUT2D eigenvalue weighted by Gasteiger charge is 2.25. The highest BCUT2D eigenvalue weighted by molar-refractivity contribution is 6.31. The summed E-state index contributed by atoms with van der Waals surface area (Å²) in [5, 5.41) is 16.1. The number of hydroxylamine groups is 1. The molecule has 0 fully saturated rings. The first-order valence-corrected chi connectivity index (χ1v) is 6.72. The zero-order valence-corrected chi connectivity index (χ0v) is 11.5. The minimum absolute atomic E-state index is 0.177. The highest BCUT2D eigenvalue weighted by atomic mass is 35.5. The lowest BCUT2D eigenvalue weighted by Crippen LogP contribution is -2.36. The van der Waals surface area contributed by atoms with Crippen LogP contribution in [0.25, 0.3) is 0 Å². The molecule has 20 heavy (non-hydrogen) atoms. The van der Waals surface area contributed by atoms with Gasteiger partial charge in [-0.3, -0.25) is 0 Å². The Morgan fingerprint density at radius 1 is 1.20 bits per heavy atom. The number of nitrogens with zero attached hydrogens (tertiary/aromatic N) is 1. The van der Waals surface area contributed by atoms with E-state index in [1.807, 2.05) is 36.4 Å². The summed E-state index contributed by atoms with van der Waals surface area (Å²) in [7, 11) is 0. The molecule has 0 bridgehead atoms. The van der Waals surface area contributed by atoms with E-state index in [2.05, 4.69) is 5.32 Å². The molecule has 2 aromatic carbocycles. The normalized spacial score (nSPS) is 18.2. The molecule has 1 heterocycles. The Morgan fingerprint density at radius 3 is 2.70 bits per heavy atom. The molecule has 3 rings (SSSR count). The standard InChI is InChI=1S/C15H14ClN3O/c16-11-6-7-13-12(8-11)15(10-4-2-1-3-5-10)19(20)9-14(17)18-13/h1-8,14,18H,9,17H2. The number of rotatable bonds is 1. The smallest absolute Gasteiger partial charge is 0.227 e. The average Bonchev–Trinajstić information content (AvgIpc) is 2.54. The summed E-state index contributed by atoms with van der Waals surface area (Å²) < 4.78 is 0.926. The van der Waals surface area contributed by atoms with Crippen molar-refractivity contribution in [3.05, 3.63) is 69.9 Å². The molecule has 0 amide bonds. The van der Waals surface area contributed by atoms with Gasteiger partial charge in [0.05, 0.1) is 5.56 Å². The number of benzodiazepines with no additional fused rings is 1. The van der Waals surface area contributed by atoms with E-state index in [0.717, 1.165) is 21.6 Å². The Balaban J connectivity index is 2.25. The van der Waals surface area contributed by atoms with Crippen LogP contribution in [0.5, 0.6) is 0 Å². The zero-order valence-electron chi connectivity index (χ0n) is 10.7. The Labute approximate surface area is 122 Å². The van der Waals surface area contributed by atoms with E-state index in [4.69, 9.17) is 17.3 Å². The van der Waals surface area contributed by atoms with Crippen molar-refractivity contribution < 1.29 is 4.74 Å². The maximum atomic E-state index is 12.4.